The molecule has 0 aromatic carbocycles. The summed E-state index contributed by atoms with van der Waals surface area (Å²) in [7, 11) is 0. The minimum atomic E-state index is -0.816. The molecule has 2 aliphatic heterocycles. The first-order valence-corrected chi connectivity index (χ1v) is 6.95. The molecule has 1 aliphatic carbocycles. The molecule has 0 amide bonds. The third kappa shape index (κ3) is 2.01. The smallest absolute Gasteiger partial charge is 0.334 e. The SMILES string of the molecule is C=C1C(=O)O[C@H]2C=C(C)[C@@H](O)CC[C@@]3(C)O[C@H]3[C@@H](O)[C@H]12. The number of fused-ring (bicyclic) bond motifs is 2. The molecule has 0 saturated carbocycles. The fourth-order valence-electron chi connectivity index (χ4n) is 3.24. The Morgan fingerprint density at radius 3 is 2.85 bits per heavy atom. The number of carbonyl (C=O) groups excluding carboxylic acids is 1. The normalized spacial score (nSPS) is 48.0. The maximum Gasteiger partial charge on any atom is 0.334 e. The molecule has 0 aromatic rings. The van der Waals surface area contributed by atoms with E-state index in [0.29, 0.717) is 12.8 Å². The number of epoxide rings is 1. The molecule has 2 saturated heterocycles. The Morgan fingerprint density at radius 1 is 1.45 bits per heavy atom. The lowest BCUT2D eigenvalue weighted by molar-refractivity contribution is -0.137. The predicted octanol–water partition coefficient (Wildman–Crippen LogP) is 0.704. The molecule has 3 aliphatic rings. The van der Waals surface area contributed by atoms with Crippen LogP contribution in [0.2, 0.25) is 0 Å². The van der Waals surface area contributed by atoms with Gasteiger partial charge in [-0.3, -0.25) is 0 Å². The van der Waals surface area contributed by atoms with E-state index in [1.807, 2.05) is 6.92 Å². The first-order chi connectivity index (χ1) is 9.33. The summed E-state index contributed by atoms with van der Waals surface area (Å²) < 4.78 is 10.9. The van der Waals surface area contributed by atoms with E-state index in [2.05, 4.69) is 6.58 Å². The van der Waals surface area contributed by atoms with E-state index >= 15 is 0 Å². The molecule has 5 nitrogen and oxygen atoms in total. The van der Waals surface area contributed by atoms with Crippen LogP contribution in [0.4, 0.5) is 0 Å². The van der Waals surface area contributed by atoms with Crippen LogP contribution in [-0.4, -0.2) is 46.2 Å². The van der Waals surface area contributed by atoms with Gasteiger partial charge in [0, 0.05) is 5.57 Å². The molecule has 0 radical (unpaired) electrons. The van der Waals surface area contributed by atoms with Crippen molar-refractivity contribution in [2.75, 3.05) is 0 Å². The van der Waals surface area contributed by atoms with Gasteiger partial charge < -0.3 is 19.7 Å². The number of aliphatic hydroxyl groups is 2. The lowest BCUT2D eigenvalue weighted by Crippen LogP contribution is -2.36. The minimum absolute atomic E-state index is 0.277. The Bertz CT molecular complexity index is 496. The van der Waals surface area contributed by atoms with Crippen LogP contribution in [-0.2, 0) is 14.3 Å². The Kier molecular flexibility index (Phi) is 3.04. The van der Waals surface area contributed by atoms with Crippen LogP contribution in [0.1, 0.15) is 26.7 Å². The monoisotopic (exact) mass is 280 g/mol. The standard InChI is InChI=1S/C15H20O5/c1-7-6-10-11(8(2)14(18)19-10)12(17)13-15(3,20-13)5-4-9(7)16/h6,9-13,16-17H,2,4-5H2,1,3H3/t9-,10-,11+,12-,13-,15+/m0/s1. The topological polar surface area (TPSA) is 79.3 Å². The summed E-state index contributed by atoms with van der Waals surface area (Å²) in [6, 6.07) is 0. The van der Waals surface area contributed by atoms with E-state index in [1.165, 1.54) is 0 Å². The number of carbonyl (C=O) groups is 1. The van der Waals surface area contributed by atoms with Gasteiger partial charge in [0.25, 0.3) is 0 Å². The van der Waals surface area contributed by atoms with Gasteiger partial charge in [-0.15, -0.1) is 0 Å². The third-order valence-electron chi connectivity index (χ3n) is 4.75. The molecule has 0 aromatic heterocycles. The average Bonchev–Trinajstić information content (AvgIpc) is 2.99. The number of hydrogen-bond acceptors (Lipinski definition) is 5. The Balaban J connectivity index is 1.97. The lowest BCUT2D eigenvalue weighted by Gasteiger charge is -2.24. The zero-order valence-corrected chi connectivity index (χ0v) is 11.7. The highest BCUT2D eigenvalue weighted by atomic mass is 16.6. The van der Waals surface area contributed by atoms with E-state index in [1.54, 1.807) is 13.0 Å². The van der Waals surface area contributed by atoms with Gasteiger partial charge in [-0.05, 0) is 38.3 Å². The van der Waals surface area contributed by atoms with Crippen molar-refractivity contribution in [2.24, 2.45) is 5.92 Å². The first kappa shape index (κ1) is 13.8. The molecule has 0 spiro atoms. The number of ether oxygens (including phenoxy) is 2. The highest BCUT2D eigenvalue weighted by molar-refractivity contribution is 5.91. The van der Waals surface area contributed by atoms with Crippen molar-refractivity contribution in [1.82, 2.24) is 0 Å². The fraction of sp³-hybridized carbons (Fsp3) is 0.667. The molecule has 3 rings (SSSR count). The molecule has 20 heavy (non-hydrogen) atoms. The summed E-state index contributed by atoms with van der Waals surface area (Å²) >= 11 is 0. The van der Waals surface area contributed by atoms with Gasteiger partial charge in [-0.1, -0.05) is 6.58 Å². The maximum absolute atomic E-state index is 11.7. The molecule has 6 atom stereocenters. The Hall–Kier alpha value is -1.17. The van der Waals surface area contributed by atoms with Crippen LogP contribution in [0.5, 0.6) is 0 Å². The van der Waals surface area contributed by atoms with E-state index in [-0.39, 0.29) is 11.7 Å². The zero-order valence-electron chi connectivity index (χ0n) is 11.7. The average molecular weight is 280 g/mol. The molecule has 0 bridgehead atoms. The highest BCUT2D eigenvalue weighted by Gasteiger charge is 2.60. The summed E-state index contributed by atoms with van der Waals surface area (Å²) in [5.74, 6) is -0.992. The number of rotatable bonds is 0. The minimum Gasteiger partial charge on any atom is -0.454 e. The van der Waals surface area contributed by atoms with Crippen molar-refractivity contribution >= 4 is 5.97 Å². The number of esters is 1. The Labute approximate surface area is 117 Å². The van der Waals surface area contributed by atoms with Gasteiger partial charge in [0.05, 0.1) is 23.7 Å². The second kappa shape index (κ2) is 4.41. The second-order valence-corrected chi connectivity index (χ2v) is 6.23. The molecule has 5 heteroatoms. The zero-order chi connectivity index (χ0) is 14.7. The number of aliphatic hydroxyl groups excluding tert-OH is 2. The summed E-state index contributed by atoms with van der Waals surface area (Å²) in [5, 5.41) is 20.6. The first-order valence-electron chi connectivity index (χ1n) is 6.95. The molecule has 0 unspecified atom stereocenters. The van der Waals surface area contributed by atoms with Crippen molar-refractivity contribution in [3.8, 4) is 0 Å². The molecule has 110 valence electrons. The third-order valence-corrected chi connectivity index (χ3v) is 4.75. The summed E-state index contributed by atoms with van der Waals surface area (Å²) in [6.45, 7) is 7.46. The highest BCUT2D eigenvalue weighted by Crippen LogP contribution is 2.48. The molecule has 2 fully saturated rings. The van der Waals surface area contributed by atoms with E-state index in [9.17, 15) is 15.0 Å². The summed E-state index contributed by atoms with van der Waals surface area (Å²) in [6.07, 6.45) is 0.642. The van der Waals surface area contributed by atoms with Gasteiger partial charge in [-0.25, -0.2) is 4.79 Å². The van der Waals surface area contributed by atoms with E-state index in [0.717, 1.165) is 5.57 Å². The van der Waals surface area contributed by atoms with Crippen LogP contribution in [0.15, 0.2) is 23.8 Å². The van der Waals surface area contributed by atoms with Crippen molar-refractivity contribution in [2.45, 2.75) is 56.7 Å². The van der Waals surface area contributed by atoms with Crippen LogP contribution < -0.4 is 0 Å². The van der Waals surface area contributed by atoms with Crippen molar-refractivity contribution in [3.05, 3.63) is 23.8 Å². The maximum atomic E-state index is 11.7. The van der Waals surface area contributed by atoms with Gasteiger partial charge in [-0.2, -0.15) is 0 Å². The summed E-state index contributed by atoms with van der Waals surface area (Å²) in [4.78, 5) is 11.7. The van der Waals surface area contributed by atoms with E-state index < -0.39 is 35.8 Å². The predicted molar refractivity (Wildman–Crippen MR) is 70.8 cm³/mol. The van der Waals surface area contributed by atoms with Gasteiger partial charge in [0.1, 0.15) is 12.2 Å². The van der Waals surface area contributed by atoms with E-state index in [4.69, 9.17) is 9.47 Å². The van der Waals surface area contributed by atoms with Crippen LogP contribution in [0, 0.1) is 5.92 Å². The van der Waals surface area contributed by atoms with Gasteiger partial charge >= 0.3 is 5.97 Å². The van der Waals surface area contributed by atoms with Crippen molar-refractivity contribution in [3.63, 3.8) is 0 Å². The van der Waals surface area contributed by atoms with Gasteiger partial charge in [0.2, 0.25) is 0 Å². The lowest BCUT2D eigenvalue weighted by atomic mass is 9.82. The Morgan fingerprint density at radius 2 is 2.15 bits per heavy atom. The van der Waals surface area contributed by atoms with Crippen molar-refractivity contribution in [1.29, 1.82) is 0 Å². The van der Waals surface area contributed by atoms with Gasteiger partial charge in [0.15, 0.2) is 0 Å². The quantitative estimate of drug-likeness (QED) is 0.295. The molecular weight excluding hydrogens is 260 g/mol. The molecule has 2 heterocycles. The largest absolute Gasteiger partial charge is 0.454 e. The van der Waals surface area contributed by atoms with Crippen LogP contribution in [0.3, 0.4) is 0 Å². The second-order valence-electron chi connectivity index (χ2n) is 6.23. The number of hydrogen-bond donors (Lipinski definition) is 2. The van der Waals surface area contributed by atoms with Crippen LogP contribution in [0.25, 0.3) is 0 Å². The molecular formula is C15H20O5. The van der Waals surface area contributed by atoms with Crippen molar-refractivity contribution < 1.29 is 24.5 Å². The molecule has 2 N–H and O–H groups in total. The van der Waals surface area contributed by atoms with Crippen LogP contribution >= 0.6 is 0 Å². The summed E-state index contributed by atoms with van der Waals surface area (Å²) in [5.41, 5.74) is 0.589. The fourth-order valence-corrected chi connectivity index (χ4v) is 3.24.